The SMILES string of the molecule is Cc1nn(-c2nc3ccccc3s2)c2c1C(c1ccc(OCCc3ccccc3)cc1)CC(=O)N2. The second kappa shape index (κ2) is 9.00. The van der Waals surface area contributed by atoms with Crippen molar-refractivity contribution in [2.75, 3.05) is 11.9 Å². The van der Waals surface area contributed by atoms with Crippen LogP contribution in [-0.2, 0) is 11.2 Å². The van der Waals surface area contributed by atoms with Gasteiger partial charge in [0, 0.05) is 24.3 Å². The van der Waals surface area contributed by atoms with Gasteiger partial charge in [0.05, 0.1) is 22.5 Å². The van der Waals surface area contributed by atoms with Gasteiger partial charge in [-0.05, 0) is 42.3 Å². The van der Waals surface area contributed by atoms with Gasteiger partial charge in [0.15, 0.2) is 0 Å². The molecule has 1 unspecified atom stereocenters. The number of nitrogens with zero attached hydrogens (tertiary/aromatic N) is 3. The number of carbonyl (C=O) groups is 1. The molecule has 0 spiro atoms. The molecule has 35 heavy (non-hydrogen) atoms. The third kappa shape index (κ3) is 4.19. The number of fused-ring (bicyclic) bond motifs is 2. The molecular weight excluding hydrogens is 456 g/mol. The quantitative estimate of drug-likeness (QED) is 0.329. The third-order valence-electron chi connectivity index (χ3n) is 6.35. The van der Waals surface area contributed by atoms with Crippen molar-refractivity contribution in [2.45, 2.75) is 25.7 Å². The minimum absolute atomic E-state index is 0.0204. The molecule has 5 aromatic rings. The van der Waals surface area contributed by atoms with Crippen LogP contribution in [0.3, 0.4) is 0 Å². The number of aryl methyl sites for hydroxylation is 1. The Bertz CT molecular complexity index is 1470. The van der Waals surface area contributed by atoms with Crippen molar-refractivity contribution in [1.82, 2.24) is 14.8 Å². The van der Waals surface area contributed by atoms with E-state index in [2.05, 4.69) is 29.6 Å². The van der Waals surface area contributed by atoms with Crippen LogP contribution in [0.1, 0.15) is 34.7 Å². The summed E-state index contributed by atoms with van der Waals surface area (Å²) >= 11 is 1.56. The first-order valence-electron chi connectivity index (χ1n) is 11.7. The van der Waals surface area contributed by atoms with Crippen LogP contribution in [0.2, 0.25) is 0 Å². The van der Waals surface area contributed by atoms with E-state index in [4.69, 9.17) is 14.8 Å². The lowest BCUT2D eigenvalue weighted by Crippen LogP contribution is -2.24. The van der Waals surface area contributed by atoms with Crippen LogP contribution in [0, 0.1) is 6.92 Å². The maximum atomic E-state index is 12.7. The highest BCUT2D eigenvalue weighted by Crippen LogP contribution is 2.41. The number of nitrogens with one attached hydrogen (secondary N) is 1. The molecule has 1 aliphatic heterocycles. The van der Waals surface area contributed by atoms with E-state index in [0.717, 1.165) is 44.3 Å². The number of rotatable bonds is 6. The lowest BCUT2D eigenvalue weighted by molar-refractivity contribution is -0.116. The summed E-state index contributed by atoms with van der Waals surface area (Å²) in [6.07, 6.45) is 1.24. The molecule has 7 heteroatoms. The summed E-state index contributed by atoms with van der Waals surface area (Å²) in [6.45, 7) is 2.61. The average molecular weight is 481 g/mol. The number of anilines is 1. The molecule has 6 nitrogen and oxygen atoms in total. The summed E-state index contributed by atoms with van der Waals surface area (Å²) in [6, 6.07) is 26.4. The molecule has 1 atom stereocenters. The zero-order chi connectivity index (χ0) is 23.8. The van der Waals surface area contributed by atoms with Crippen molar-refractivity contribution >= 4 is 33.3 Å². The Morgan fingerprint density at radius 1 is 1.03 bits per heavy atom. The number of amides is 1. The van der Waals surface area contributed by atoms with E-state index in [1.165, 1.54) is 5.56 Å². The number of hydrogen-bond donors (Lipinski definition) is 1. The fraction of sp³-hybridized carbons (Fsp3) is 0.179. The van der Waals surface area contributed by atoms with Gasteiger partial charge in [0.2, 0.25) is 11.0 Å². The molecule has 0 saturated heterocycles. The van der Waals surface area contributed by atoms with Gasteiger partial charge in [0.25, 0.3) is 0 Å². The maximum absolute atomic E-state index is 12.7. The standard InChI is InChI=1S/C28H24N4O2S/c1-18-26-22(20-11-13-21(14-12-20)34-16-15-19-7-3-2-4-8-19)17-25(33)30-27(26)32(31-18)28-29-23-9-5-6-10-24(23)35-28/h2-14,22H,15-17H2,1H3,(H,30,33). The molecule has 0 saturated carbocycles. The van der Waals surface area contributed by atoms with Gasteiger partial charge in [-0.1, -0.05) is 65.9 Å². The highest BCUT2D eigenvalue weighted by atomic mass is 32.1. The van der Waals surface area contributed by atoms with E-state index in [1.807, 2.05) is 61.5 Å². The molecule has 2 aromatic heterocycles. The Kier molecular flexibility index (Phi) is 5.54. The number of benzene rings is 3. The number of para-hydroxylation sites is 1. The minimum Gasteiger partial charge on any atom is -0.493 e. The van der Waals surface area contributed by atoms with Gasteiger partial charge in [-0.2, -0.15) is 9.78 Å². The maximum Gasteiger partial charge on any atom is 0.226 e. The fourth-order valence-corrected chi connectivity index (χ4v) is 5.57. The number of hydrogen-bond acceptors (Lipinski definition) is 5. The van der Waals surface area contributed by atoms with Crippen molar-refractivity contribution in [3.05, 3.63) is 101 Å². The summed E-state index contributed by atoms with van der Waals surface area (Å²) in [5, 5.41) is 8.58. The molecule has 0 aliphatic carbocycles. The van der Waals surface area contributed by atoms with Crippen LogP contribution in [-0.4, -0.2) is 27.3 Å². The van der Waals surface area contributed by atoms with Gasteiger partial charge in [0.1, 0.15) is 11.6 Å². The third-order valence-corrected chi connectivity index (χ3v) is 7.36. The Hall–Kier alpha value is -3.97. The van der Waals surface area contributed by atoms with Gasteiger partial charge >= 0.3 is 0 Å². The van der Waals surface area contributed by atoms with E-state index in [-0.39, 0.29) is 11.8 Å². The van der Waals surface area contributed by atoms with Gasteiger partial charge in [-0.3, -0.25) is 4.79 Å². The lowest BCUT2D eigenvalue weighted by Gasteiger charge is -2.24. The van der Waals surface area contributed by atoms with Crippen molar-refractivity contribution in [3.8, 4) is 10.9 Å². The molecule has 1 aliphatic rings. The number of thiazole rings is 1. The number of carbonyl (C=O) groups excluding carboxylic acids is 1. The molecule has 1 N–H and O–H groups in total. The smallest absolute Gasteiger partial charge is 0.226 e. The van der Waals surface area contributed by atoms with E-state index in [1.54, 1.807) is 16.0 Å². The Morgan fingerprint density at radius 3 is 2.60 bits per heavy atom. The highest BCUT2D eigenvalue weighted by Gasteiger charge is 2.33. The van der Waals surface area contributed by atoms with Crippen molar-refractivity contribution < 1.29 is 9.53 Å². The Balaban J connectivity index is 1.26. The second-order valence-corrected chi connectivity index (χ2v) is 9.69. The largest absolute Gasteiger partial charge is 0.493 e. The van der Waals surface area contributed by atoms with E-state index in [9.17, 15) is 4.79 Å². The molecule has 3 aromatic carbocycles. The molecular formula is C28H24N4O2S. The van der Waals surface area contributed by atoms with Crippen LogP contribution in [0.4, 0.5) is 5.82 Å². The Morgan fingerprint density at radius 2 is 1.80 bits per heavy atom. The molecule has 6 rings (SSSR count). The second-order valence-electron chi connectivity index (χ2n) is 8.68. The monoisotopic (exact) mass is 480 g/mol. The van der Waals surface area contributed by atoms with Crippen LogP contribution < -0.4 is 10.1 Å². The normalized spacial score (nSPS) is 15.1. The number of ether oxygens (including phenoxy) is 1. The Labute approximate surface area is 207 Å². The van der Waals surface area contributed by atoms with E-state index >= 15 is 0 Å². The van der Waals surface area contributed by atoms with Crippen LogP contribution in [0.15, 0.2) is 78.9 Å². The number of aromatic nitrogens is 3. The lowest BCUT2D eigenvalue weighted by atomic mass is 9.86. The molecule has 3 heterocycles. The summed E-state index contributed by atoms with van der Waals surface area (Å²) in [5.41, 5.74) is 5.19. The van der Waals surface area contributed by atoms with Gasteiger partial charge in [-0.15, -0.1) is 0 Å². The predicted molar refractivity (Wildman–Crippen MR) is 139 cm³/mol. The first kappa shape index (κ1) is 21.6. The minimum atomic E-state index is -0.0692. The topological polar surface area (TPSA) is 69.0 Å². The first-order chi connectivity index (χ1) is 17.2. The summed E-state index contributed by atoms with van der Waals surface area (Å²) in [4.78, 5) is 17.5. The summed E-state index contributed by atoms with van der Waals surface area (Å²) in [7, 11) is 0. The fourth-order valence-electron chi connectivity index (χ4n) is 4.65. The van der Waals surface area contributed by atoms with Crippen molar-refractivity contribution in [1.29, 1.82) is 0 Å². The van der Waals surface area contributed by atoms with E-state index in [0.29, 0.717) is 18.8 Å². The molecule has 0 radical (unpaired) electrons. The zero-order valence-electron chi connectivity index (χ0n) is 19.3. The van der Waals surface area contributed by atoms with E-state index < -0.39 is 0 Å². The van der Waals surface area contributed by atoms with Crippen LogP contribution in [0.5, 0.6) is 5.75 Å². The first-order valence-corrected chi connectivity index (χ1v) is 12.5. The van der Waals surface area contributed by atoms with Crippen LogP contribution >= 0.6 is 11.3 Å². The van der Waals surface area contributed by atoms with Crippen molar-refractivity contribution in [2.24, 2.45) is 0 Å². The summed E-state index contributed by atoms with van der Waals surface area (Å²) < 4.78 is 8.82. The average Bonchev–Trinajstić information content (AvgIpc) is 3.45. The van der Waals surface area contributed by atoms with Crippen LogP contribution in [0.25, 0.3) is 15.3 Å². The zero-order valence-corrected chi connectivity index (χ0v) is 20.1. The van der Waals surface area contributed by atoms with Crippen molar-refractivity contribution in [3.63, 3.8) is 0 Å². The molecule has 174 valence electrons. The molecule has 1 amide bonds. The molecule has 0 bridgehead atoms. The molecule has 0 fully saturated rings. The highest BCUT2D eigenvalue weighted by molar-refractivity contribution is 7.20. The summed E-state index contributed by atoms with van der Waals surface area (Å²) in [5.74, 6) is 1.45. The predicted octanol–water partition coefficient (Wildman–Crippen LogP) is 5.89. The van der Waals surface area contributed by atoms with Gasteiger partial charge in [-0.25, -0.2) is 4.98 Å². The van der Waals surface area contributed by atoms with Gasteiger partial charge < -0.3 is 10.1 Å².